The van der Waals surface area contributed by atoms with E-state index in [9.17, 15) is 9.90 Å². The molecule has 1 saturated carbocycles. The van der Waals surface area contributed by atoms with E-state index in [0.717, 1.165) is 41.7 Å². The number of hydrogen-bond acceptors (Lipinski definition) is 5. The summed E-state index contributed by atoms with van der Waals surface area (Å²) < 4.78 is 0. The van der Waals surface area contributed by atoms with E-state index in [1.165, 1.54) is 48.9 Å². The number of benzene rings is 2. The summed E-state index contributed by atoms with van der Waals surface area (Å²) in [5, 5.41) is 12.3. The maximum atomic E-state index is 11.3. The van der Waals surface area contributed by atoms with Gasteiger partial charge in [0.25, 0.3) is 0 Å². The van der Waals surface area contributed by atoms with Gasteiger partial charge in [0.15, 0.2) is 0 Å². The first kappa shape index (κ1) is 27.3. The molecule has 4 rings (SSSR count). The first-order chi connectivity index (χ1) is 17.9. The van der Waals surface area contributed by atoms with Crippen LogP contribution in [0.25, 0.3) is 11.3 Å². The van der Waals surface area contributed by atoms with Gasteiger partial charge >= 0.3 is 5.97 Å². The summed E-state index contributed by atoms with van der Waals surface area (Å²) in [6.07, 6.45) is 7.79. The molecule has 5 nitrogen and oxygen atoms in total. The van der Waals surface area contributed by atoms with Crippen molar-refractivity contribution >= 4 is 23.0 Å². The molecule has 0 atom stereocenters. The summed E-state index contributed by atoms with van der Waals surface area (Å²) in [7, 11) is 2.14. The number of aromatic nitrogens is 1. The van der Waals surface area contributed by atoms with Gasteiger partial charge in [-0.25, -0.2) is 4.98 Å². The predicted octanol–water partition coefficient (Wildman–Crippen LogP) is 7.43. The first-order valence-corrected chi connectivity index (χ1v) is 14.5. The third kappa shape index (κ3) is 8.14. The normalized spacial score (nSPS) is 14.4. The molecule has 0 spiro atoms. The first-order valence-electron chi connectivity index (χ1n) is 13.7. The predicted molar refractivity (Wildman–Crippen MR) is 154 cm³/mol. The van der Waals surface area contributed by atoms with Crippen LogP contribution in [-0.4, -0.2) is 41.1 Å². The summed E-state index contributed by atoms with van der Waals surface area (Å²) in [4.78, 5) is 20.4. The average molecular weight is 520 g/mol. The molecule has 1 aliphatic rings. The smallest absolute Gasteiger partial charge is 0.317 e. The summed E-state index contributed by atoms with van der Waals surface area (Å²) in [5.74, 6) is 0.501. The minimum absolute atomic E-state index is 0.0476. The molecule has 37 heavy (non-hydrogen) atoms. The van der Waals surface area contributed by atoms with Gasteiger partial charge in [0.2, 0.25) is 0 Å². The Hall–Kier alpha value is -2.70. The number of carboxylic acid groups (broad SMARTS) is 1. The number of rotatable bonds is 12. The van der Waals surface area contributed by atoms with Crippen LogP contribution in [0.2, 0.25) is 0 Å². The van der Waals surface area contributed by atoms with Crippen molar-refractivity contribution in [1.82, 2.24) is 9.88 Å². The molecule has 0 amide bonds. The van der Waals surface area contributed by atoms with Crippen molar-refractivity contribution < 1.29 is 9.90 Å². The van der Waals surface area contributed by atoms with E-state index >= 15 is 0 Å². The molecule has 3 aromatic rings. The zero-order valence-electron chi connectivity index (χ0n) is 22.5. The third-order valence-corrected chi connectivity index (χ3v) is 8.21. The minimum Gasteiger partial charge on any atom is -0.480 e. The van der Waals surface area contributed by atoms with Crippen molar-refractivity contribution in [2.24, 2.45) is 5.92 Å². The monoisotopic (exact) mass is 519 g/mol. The Labute approximate surface area is 226 Å². The largest absolute Gasteiger partial charge is 0.480 e. The van der Waals surface area contributed by atoms with Crippen LogP contribution >= 0.6 is 11.3 Å². The molecule has 1 aromatic heterocycles. The molecule has 198 valence electrons. The van der Waals surface area contributed by atoms with Gasteiger partial charge in [0, 0.05) is 30.2 Å². The molecule has 0 unspecified atom stereocenters. The number of hydrogen-bond donors (Lipinski definition) is 1. The van der Waals surface area contributed by atoms with Gasteiger partial charge in [-0.2, -0.15) is 0 Å². The Balaban J connectivity index is 1.34. The second kappa shape index (κ2) is 13.2. The lowest BCUT2D eigenvalue weighted by Crippen LogP contribution is -2.30. The molecule has 0 aliphatic heterocycles. The second-order valence-electron chi connectivity index (χ2n) is 10.9. The lowest BCUT2D eigenvalue weighted by Gasteiger charge is -2.23. The number of thiazole rings is 1. The van der Waals surface area contributed by atoms with E-state index in [0.29, 0.717) is 12.5 Å². The van der Waals surface area contributed by atoms with Crippen molar-refractivity contribution in [3.8, 4) is 11.3 Å². The molecule has 0 radical (unpaired) electrons. The van der Waals surface area contributed by atoms with Crippen LogP contribution in [0.4, 0.5) is 5.69 Å². The number of carboxylic acids is 1. The van der Waals surface area contributed by atoms with Crippen molar-refractivity contribution in [3.63, 3.8) is 0 Å². The highest BCUT2D eigenvalue weighted by Crippen LogP contribution is 2.33. The summed E-state index contributed by atoms with van der Waals surface area (Å²) in [6, 6.07) is 17.8. The van der Waals surface area contributed by atoms with E-state index in [2.05, 4.69) is 79.7 Å². The Morgan fingerprint density at radius 2 is 1.73 bits per heavy atom. The van der Waals surface area contributed by atoms with Crippen molar-refractivity contribution in [3.05, 3.63) is 70.0 Å². The SMILES string of the molecule is CC(C)CCN(CC(=O)O)Cc1nc(-c2ccc(N(C)Cc3ccc(C4CCCCC4)cc3)cc2)cs1. The van der Waals surface area contributed by atoms with Gasteiger partial charge in [-0.1, -0.05) is 69.5 Å². The van der Waals surface area contributed by atoms with Gasteiger partial charge in [0.05, 0.1) is 18.8 Å². The van der Waals surface area contributed by atoms with Crippen molar-refractivity contribution in [1.29, 1.82) is 0 Å². The summed E-state index contributed by atoms with van der Waals surface area (Å²) in [6.45, 7) is 6.59. The second-order valence-corrected chi connectivity index (χ2v) is 11.8. The minimum atomic E-state index is -0.791. The third-order valence-electron chi connectivity index (χ3n) is 7.37. The Morgan fingerprint density at radius 1 is 1.03 bits per heavy atom. The van der Waals surface area contributed by atoms with Gasteiger partial charge in [-0.05, 0) is 60.9 Å². The van der Waals surface area contributed by atoms with Crippen LogP contribution in [0, 0.1) is 5.92 Å². The van der Waals surface area contributed by atoms with Crippen LogP contribution in [-0.2, 0) is 17.9 Å². The van der Waals surface area contributed by atoms with E-state index in [1.54, 1.807) is 11.3 Å². The molecule has 1 fully saturated rings. The van der Waals surface area contributed by atoms with Crippen molar-refractivity contribution in [2.45, 2.75) is 71.4 Å². The van der Waals surface area contributed by atoms with Gasteiger partial charge in [0.1, 0.15) is 5.01 Å². The zero-order valence-corrected chi connectivity index (χ0v) is 23.3. The van der Waals surface area contributed by atoms with Crippen molar-refractivity contribution in [2.75, 3.05) is 25.0 Å². The molecule has 0 saturated heterocycles. The molecule has 6 heteroatoms. The highest BCUT2D eigenvalue weighted by molar-refractivity contribution is 7.09. The molecule has 1 N–H and O–H groups in total. The van der Waals surface area contributed by atoms with E-state index < -0.39 is 5.97 Å². The van der Waals surface area contributed by atoms with Crippen LogP contribution in [0.3, 0.4) is 0 Å². The van der Waals surface area contributed by atoms with Gasteiger partial charge in [-0.3, -0.25) is 9.69 Å². The fourth-order valence-corrected chi connectivity index (χ4v) is 5.98. The van der Waals surface area contributed by atoms with Gasteiger partial charge in [-0.15, -0.1) is 11.3 Å². The Kier molecular flexibility index (Phi) is 9.75. The molecule has 2 aromatic carbocycles. The lowest BCUT2D eigenvalue weighted by molar-refractivity contribution is -0.138. The topological polar surface area (TPSA) is 56.7 Å². The molecular weight excluding hydrogens is 478 g/mol. The Morgan fingerprint density at radius 3 is 2.38 bits per heavy atom. The number of nitrogens with zero attached hydrogens (tertiary/aromatic N) is 3. The van der Waals surface area contributed by atoms with E-state index in [4.69, 9.17) is 4.98 Å². The molecule has 0 bridgehead atoms. The van der Waals surface area contributed by atoms with Crippen LogP contribution in [0.5, 0.6) is 0 Å². The lowest BCUT2D eigenvalue weighted by atomic mass is 9.84. The quantitative estimate of drug-likeness (QED) is 0.270. The Bertz CT molecular complexity index is 1120. The maximum absolute atomic E-state index is 11.3. The fraction of sp³-hybridized carbons (Fsp3) is 0.484. The number of aliphatic carboxylic acids is 1. The fourth-order valence-electron chi connectivity index (χ4n) is 5.14. The highest BCUT2D eigenvalue weighted by atomic mass is 32.1. The summed E-state index contributed by atoms with van der Waals surface area (Å²) in [5.41, 5.74) is 6.05. The highest BCUT2D eigenvalue weighted by Gasteiger charge is 2.16. The average Bonchev–Trinajstić information content (AvgIpc) is 3.36. The molecule has 1 heterocycles. The number of anilines is 1. The maximum Gasteiger partial charge on any atom is 0.317 e. The molecule has 1 aliphatic carbocycles. The molecular formula is C31H41N3O2S. The van der Waals surface area contributed by atoms with E-state index in [-0.39, 0.29) is 6.54 Å². The van der Waals surface area contributed by atoms with Crippen LogP contribution in [0.15, 0.2) is 53.9 Å². The van der Waals surface area contributed by atoms with E-state index in [1.807, 2.05) is 4.90 Å². The summed E-state index contributed by atoms with van der Waals surface area (Å²) >= 11 is 1.60. The van der Waals surface area contributed by atoms with Crippen LogP contribution < -0.4 is 4.90 Å². The standard InChI is InChI=1S/C31H41N3O2S/c1-23(2)17-18-34(21-31(35)36)20-30-32-29(22-37-30)27-13-15-28(16-14-27)33(3)19-24-9-11-26(12-10-24)25-7-5-4-6-8-25/h9-16,22-23,25H,4-8,17-21H2,1-3H3,(H,35,36). The number of carbonyl (C=O) groups is 1. The van der Waals surface area contributed by atoms with Gasteiger partial charge < -0.3 is 10.0 Å². The zero-order chi connectivity index (χ0) is 26.2. The van der Waals surface area contributed by atoms with Crippen LogP contribution in [0.1, 0.15) is 74.4 Å².